The normalized spacial score (nSPS) is 10.3. The molecule has 0 aromatic carbocycles. The highest BCUT2D eigenvalue weighted by atomic mass is 16.2. The molecule has 0 saturated heterocycles. The van der Waals surface area contributed by atoms with Gasteiger partial charge in [-0.2, -0.15) is 0 Å². The van der Waals surface area contributed by atoms with Crippen molar-refractivity contribution in [1.82, 2.24) is 0 Å². The quantitative estimate of drug-likeness (QED) is 0.345. The summed E-state index contributed by atoms with van der Waals surface area (Å²) in [4.78, 5) is 0. The summed E-state index contributed by atoms with van der Waals surface area (Å²) >= 11 is 0. The lowest BCUT2D eigenvalue weighted by Crippen LogP contribution is -1.77. The average Bonchev–Trinajstić information content (AvgIpc) is 2.26. The molecular formula is C14H24O. The highest BCUT2D eigenvalue weighted by Gasteiger charge is 1.87. The highest BCUT2D eigenvalue weighted by Crippen LogP contribution is 2.06. The van der Waals surface area contributed by atoms with E-state index in [4.69, 9.17) is 5.11 Å². The van der Waals surface area contributed by atoms with E-state index < -0.39 is 0 Å². The first-order valence-electron chi connectivity index (χ1n) is 6.08. The van der Waals surface area contributed by atoms with Crippen molar-refractivity contribution in [2.45, 2.75) is 51.9 Å². The van der Waals surface area contributed by atoms with Crippen LogP contribution in [0.15, 0.2) is 30.0 Å². The molecular weight excluding hydrogens is 184 g/mol. The van der Waals surface area contributed by atoms with Gasteiger partial charge in [0.15, 0.2) is 0 Å². The van der Waals surface area contributed by atoms with E-state index in [0.29, 0.717) is 0 Å². The molecule has 0 saturated carbocycles. The Hall–Kier alpha value is -0.780. The Bertz CT molecular complexity index is 197. The van der Waals surface area contributed by atoms with Crippen molar-refractivity contribution >= 4 is 0 Å². The van der Waals surface area contributed by atoms with Gasteiger partial charge in [-0.1, -0.05) is 51.2 Å². The number of allylic oxidation sites excluding steroid dienone is 2. The lowest BCUT2D eigenvalue weighted by molar-refractivity contribution is 0.343. The van der Waals surface area contributed by atoms with Crippen LogP contribution in [0, 0.1) is 0 Å². The molecule has 0 radical (unpaired) electrons. The van der Waals surface area contributed by atoms with Crippen LogP contribution in [-0.2, 0) is 0 Å². The van der Waals surface area contributed by atoms with E-state index in [9.17, 15) is 0 Å². The van der Waals surface area contributed by atoms with Crippen LogP contribution in [0.5, 0.6) is 0 Å². The summed E-state index contributed by atoms with van der Waals surface area (Å²) < 4.78 is 0. The van der Waals surface area contributed by atoms with Crippen LogP contribution in [0.25, 0.3) is 0 Å². The summed E-state index contributed by atoms with van der Waals surface area (Å²) in [6, 6.07) is 0. The molecule has 0 heterocycles. The van der Waals surface area contributed by atoms with Crippen LogP contribution < -0.4 is 0 Å². The predicted octanol–water partition coefficient (Wildman–Crippen LogP) is 4.00. The molecule has 0 aliphatic carbocycles. The van der Waals surface area contributed by atoms with Crippen LogP contribution in [-0.4, -0.2) is 11.7 Å². The van der Waals surface area contributed by atoms with Crippen molar-refractivity contribution in [3.8, 4) is 0 Å². The number of aliphatic hydroxyl groups excluding tert-OH is 1. The number of hydrogen-bond acceptors (Lipinski definition) is 1. The third-order valence-corrected chi connectivity index (χ3v) is 2.25. The number of hydrogen-bond donors (Lipinski definition) is 1. The summed E-state index contributed by atoms with van der Waals surface area (Å²) in [6.45, 7) is 2.35. The Balaban J connectivity index is 3.22. The summed E-state index contributed by atoms with van der Waals surface area (Å²) in [5.41, 5.74) is 3.07. The Kier molecular flexibility index (Phi) is 12.5. The molecule has 0 bridgehead atoms. The molecule has 0 aliphatic heterocycles. The van der Waals surface area contributed by atoms with E-state index in [-0.39, 0.29) is 6.61 Å². The van der Waals surface area contributed by atoms with Crippen LogP contribution >= 0.6 is 0 Å². The minimum Gasteiger partial charge on any atom is -0.392 e. The van der Waals surface area contributed by atoms with Gasteiger partial charge in [0.1, 0.15) is 0 Å². The molecule has 1 N–H and O–H groups in total. The number of aliphatic hydroxyl groups is 1. The second-order valence-corrected chi connectivity index (χ2v) is 3.70. The zero-order valence-corrected chi connectivity index (χ0v) is 9.91. The minimum atomic E-state index is 0.107. The van der Waals surface area contributed by atoms with E-state index >= 15 is 0 Å². The second-order valence-electron chi connectivity index (χ2n) is 3.70. The number of rotatable bonds is 9. The maximum absolute atomic E-state index is 8.46. The van der Waals surface area contributed by atoms with E-state index in [0.717, 1.165) is 6.42 Å². The fourth-order valence-corrected chi connectivity index (χ4v) is 1.36. The van der Waals surface area contributed by atoms with Gasteiger partial charge < -0.3 is 5.11 Å². The van der Waals surface area contributed by atoms with Crippen molar-refractivity contribution in [2.24, 2.45) is 0 Å². The lowest BCUT2D eigenvalue weighted by atomic mass is 10.1. The van der Waals surface area contributed by atoms with E-state index in [2.05, 4.69) is 18.7 Å². The Morgan fingerprint density at radius 1 is 1.07 bits per heavy atom. The van der Waals surface area contributed by atoms with E-state index in [1.807, 2.05) is 12.2 Å². The van der Waals surface area contributed by atoms with Gasteiger partial charge in [0.25, 0.3) is 0 Å². The van der Waals surface area contributed by atoms with Crippen LogP contribution in [0.4, 0.5) is 0 Å². The number of unbranched alkanes of at least 4 members (excludes halogenated alkanes) is 6. The topological polar surface area (TPSA) is 20.2 Å². The summed E-state index contributed by atoms with van der Waals surface area (Å²) in [5, 5.41) is 8.46. The summed E-state index contributed by atoms with van der Waals surface area (Å²) in [7, 11) is 0. The second kappa shape index (κ2) is 13.2. The monoisotopic (exact) mass is 208 g/mol. The zero-order valence-electron chi connectivity index (χ0n) is 9.91. The molecule has 0 rings (SSSR count). The van der Waals surface area contributed by atoms with Crippen molar-refractivity contribution in [3.63, 3.8) is 0 Å². The fourth-order valence-electron chi connectivity index (χ4n) is 1.36. The van der Waals surface area contributed by atoms with Gasteiger partial charge in [-0.25, -0.2) is 0 Å². The predicted molar refractivity (Wildman–Crippen MR) is 66.9 cm³/mol. The molecule has 15 heavy (non-hydrogen) atoms. The molecule has 0 atom stereocenters. The Morgan fingerprint density at radius 2 is 1.80 bits per heavy atom. The highest BCUT2D eigenvalue weighted by molar-refractivity contribution is 5.02. The van der Waals surface area contributed by atoms with Crippen molar-refractivity contribution < 1.29 is 5.11 Å². The van der Waals surface area contributed by atoms with E-state index in [1.54, 1.807) is 6.08 Å². The van der Waals surface area contributed by atoms with Gasteiger partial charge >= 0.3 is 0 Å². The molecule has 0 spiro atoms. The first kappa shape index (κ1) is 14.2. The molecule has 0 aromatic heterocycles. The average molecular weight is 208 g/mol. The van der Waals surface area contributed by atoms with Gasteiger partial charge in [0.2, 0.25) is 0 Å². The first-order chi connectivity index (χ1) is 7.41. The Labute approximate surface area is 94.2 Å². The zero-order chi connectivity index (χ0) is 11.2. The molecule has 1 nitrogen and oxygen atoms in total. The molecule has 0 aliphatic rings. The smallest absolute Gasteiger partial charge is 0.0615 e. The molecule has 0 aromatic rings. The summed E-state index contributed by atoms with van der Waals surface area (Å²) in [6.07, 6.45) is 16.6. The molecule has 0 fully saturated rings. The van der Waals surface area contributed by atoms with E-state index in [1.165, 1.54) is 38.5 Å². The molecule has 86 valence electrons. The third kappa shape index (κ3) is 13.2. The van der Waals surface area contributed by atoms with Gasteiger partial charge in [-0.15, -0.1) is 5.73 Å². The van der Waals surface area contributed by atoms with Gasteiger partial charge in [-0.3, -0.25) is 0 Å². The van der Waals surface area contributed by atoms with Gasteiger partial charge in [0.05, 0.1) is 6.61 Å². The molecule has 0 amide bonds. The Morgan fingerprint density at radius 3 is 2.53 bits per heavy atom. The van der Waals surface area contributed by atoms with Crippen LogP contribution in [0.1, 0.15) is 51.9 Å². The van der Waals surface area contributed by atoms with Crippen LogP contribution in [0.2, 0.25) is 0 Å². The van der Waals surface area contributed by atoms with Gasteiger partial charge in [0, 0.05) is 0 Å². The maximum atomic E-state index is 8.46. The van der Waals surface area contributed by atoms with Crippen molar-refractivity contribution in [2.75, 3.05) is 6.61 Å². The van der Waals surface area contributed by atoms with Crippen molar-refractivity contribution in [1.29, 1.82) is 0 Å². The standard InChI is InChI=1S/C14H24O/c1-2-3-4-5-6-7-8-9-10-11-12-13-14-15/h9,11-13,15H,2-8,14H2,1H3/b13-12+. The van der Waals surface area contributed by atoms with Crippen LogP contribution in [0.3, 0.4) is 0 Å². The van der Waals surface area contributed by atoms with Gasteiger partial charge in [-0.05, 0) is 25.0 Å². The molecule has 1 heteroatoms. The molecule has 0 unspecified atom stereocenters. The summed E-state index contributed by atoms with van der Waals surface area (Å²) in [5.74, 6) is 0. The largest absolute Gasteiger partial charge is 0.392 e. The SMILES string of the molecule is CCCCCCCCC=C=C/C=C/CO. The first-order valence-corrected chi connectivity index (χ1v) is 6.08. The fraction of sp³-hybridized carbons (Fsp3) is 0.643. The lowest BCUT2D eigenvalue weighted by Gasteiger charge is -1.96. The minimum absolute atomic E-state index is 0.107. The van der Waals surface area contributed by atoms with Crippen molar-refractivity contribution in [3.05, 3.63) is 30.0 Å². The third-order valence-electron chi connectivity index (χ3n) is 2.25. The maximum Gasteiger partial charge on any atom is 0.0615 e.